The van der Waals surface area contributed by atoms with E-state index >= 15 is 0 Å². The molecule has 2 aromatic carbocycles. The van der Waals surface area contributed by atoms with E-state index in [1.54, 1.807) is 21.3 Å². The number of methoxy groups -OCH3 is 3. The fraction of sp³-hybridized carbons (Fsp3) is 0.250. The molecule has 4 nitrogen and oxygen atoms in total. The fourth-order valence-corrected chi connectivity index (χ4v) is 2.81. The molecule has 3 rings (SSSR count). The van der Waals surface area contributed by atoms with Gasteiger partial charge in [-0.1, -0.05) is 12.1 Å². The molecule has 0 radical (unpaired) electrons. The first kappa shape index (κ1) is 16.1. The summed E-state index contributed by atoms with van der Waals surface area (Å²) in [4.78, 5) is 4.65. The number of ether oxygens (including phenoxy) is 3. The quantitative estimate of drug-likeness (QED) is 0.841. The third-order valence-electron chi connectivity index (χ3n) is 4.09. The Kier molecular flexibility index (Phi) is 4.85. The second kappa shape index (κ2) is 7.21. The molecule has 0 aliphatic carbocycles. The average Bonchev–Trinajstić information content (AvgIpc) is 2.65. The highest BCUT2D eigenvalue weighted by molar-refractivity contribution is 6.12. The van der Waals surface area contributed by atoms with Crippen LogP contribution in [0.3, 0.4) is 0 Å². The van der Waals surface area contributed by atoms with Crippen molar-refractivity contribution in [3.63, 3.8) is 0 Å². The van der Waals surface area contributed by atoms with Gasteiger partial charge < -0.3 is 14.2 Å². The van der Waals surface area contributed by atoms with Crippen LogP contribution in [-0.4, -0.2) is 33.6 Å². The Balaban J connectivity index is 1.87. The van der Waals surface area contributed by atoms with Crippen LogP contribution in [0.5, 0.6) is 17.2 Å². The number of allylic oxidation sites excluding steroid dienone is 1. The van der Waals surface area contributed by atoms with Gasteiger partial charge in [0.25, 0.3) is 0 Å². The van der Waals surface area contributed by atoms with Crippen molar-refractivity contribution in [3.05, 3.63) is 59.2 Å². The summed E-state index contributed by atoms with van der Waals surface area (Å²) >= 11 is 0. The third kappa shape index (κ3) is 3.27. The van der Waals surface area contributed by atoms with Crippen molar-refractivity contribution in [2.24, 2.45) is 4.99 Å². The van der Waals surface area contributed by atoms with Gasteiger partial charge in [-0.2, -0.15) is 0 Å². The van der Waals surface area contributed by atoms with E-state index in [0.29, 0.717) is 0 Å². The maximum atomic E-state index is 5.35. The van der Waals surface area contributed by atoms with Gasteiger partial charge in [0, 0.05) is 12.1 Å². The molecule has 4 heteroatoms. The largest absolute Gasteiger partial charge is 0.497 e. The summed E-state index contributed by atoms with van der Waals surface area (Å²) in [6, 6.07) is 12.0. The summed E-state index contributed by atoms with van der Waals surface area (Å²) < 4.78 is 15.9. The van der Waals surface area contributed by atoms with Crippen LogP contribution in [0.4, 0.5) is 0 Å². The topological polar surface area (TPSA) is 40.0 Å². The van der Waals surface area contributed by atoms with Crippen molar-refractivity contribution in [2.75, 3.05) is 27.9 Å². The molecule has 1 aliphatic heterocycles. The van der Waals surface area contributed by atoms with Crippen LogP contribution in [-0.2, 0) is 6.42 Å². The van der Waals surface area contributed by atoms with Crippen molar-refractivity contribution < 1.29 is 14.2 Å². The van der Waals surface area contributed by atoms with E-state index in [4.69, 9.17) is 14.2 Å². The van der Waals surface area contributed by atoms with Crippen molar-refractivity contribution in [1.82, 2.24) is 0 Å². The van der Waals surface area contributed by atoms with Gasteiger partial charge in [0.1, 0.15) is 5.75 Å². The minimum Gasteiger partial charge on any atom is -0.497 e. The zero-order chi connectivity index (χ0) is 16.9. The van der Waals surface area contributed by atoms with Gasteiger partial charge >= 0.3 is 0 Å². The molecule has 1 heterocycles. The number of rotatable bonds is 5. The van der Waals surface area contributed by atoms with Gasteiger partial charge in [-0.3, -0.25) is 4.99 Å². The summed E-state index contributed by atoms with van der Waals surface area (Å²) in [5.74, 6) is 2.33. The van der Waals surface area contributed by atoms with Crippen molar-refractivity contribution in [3.8, 4) is 17.2 Å². The molecule has 0 N–H and O–H groups in total. The lowest BCUT2D eigenvalue weighted by atomic mass is 9.96. The van der Waals surface area contributed by atoms with Crippen molar-refractivity contribution in [2.45, 2.75) is 6.42 Å². The van der Waals surface area contributed by atoms with Gasteiger partial charge in [-0.25, -0.2) is 0 Å². The Morgan fingerprint density at radius 3 is 2.46 bits per heavy atom. The Morgan fingerprint density at radius 2 is 1.71 bits per heavy atom. The lowest BCUT2D eigenvalue weighted by Gasteiger charge is -2.15. The molecule has 0 atom stereocenters. The minimum absolute atomic E-state index is 0.718. The Hall–Kier alpha value is -2.75. The second-order valence-corrected chi connectivity index (χ2v) is 5.49. The van der Waals surface area contributed by atoms with E-state index in [1.807, 2.05) is 36.4 Å². The van der Waals surface area contributed by atoms with Gasteiger partial charge in [0.15, 0.2) is 11.5 Å². The number of fused-ring (bicyclic) bond motifs is 1. The minimum atomic E-state index is 0.718. The van der Waals surface area contributed by atoms with E-state index in [9.17, 15) is 0 Å². The van der Waals surface area contributed by atoms with E-state index in [2.05, 4.69) is 17.1 Å². The number of hydrogen-bond donors (Lipinski definition) is 0. The Labute approximate surface area is 142 Å². The summed E-state index contributed by atoms with van der Waals surface area (Å²) in [6.45, 7) is 0.797. The first-order chi connectivity index (χ1) is 11.7. The molecule has 0 spiro atoms. The van der Waals surface area contributed by atoms with E-state index in [-0.39, 0.29) is 0 Å². The standard InChI is InChI=1S/C20H21NO3/c1-22-16-6-7-17-15(13-16)10-11-21-18(17)8-4-14-5-9-19(23-2)20(12-14)24-3/h4-9,12-13H,10-11H2,1-3H3/b8-4+. The van der Waals surface area contributed by atoms with Crippen LogP contribution in [0.2, 0.25) is 0 Å². The maximum absolute atomic E-state index is 5.35. The molecule has 0 fully saturated rings. The van der Waals surface area contributed by atoms with Crippen LogP contribution in [0, 0.1) is 0 Å². The predicted molar refractivity (Wildman–Crippen MR) is 96.7 cm³/mol. The zero-order valence-electron chi connectivity index (χ0n) is 14.2. The molecule has 1 aliphatic rings. The molecular formula is C20H21NO3. The smallest absolute Gasteiger partial charge is 0.161 e. The van der Waals surface area contributed by atoms with Crippen LogP contribution in [0.1, 0.15) is 16.7 Å². The monoisotopic (exact) mass is 323 g/mol. The first-order valence-electron chi connectivity index (χ1n) is 7.87. The SMILES string of the molecule is COc1ccc2c(c1)CCN=C2/C=C/c1ccc(OC)c(OC)c1. The summed E-state index contributed by atoms with van der Waals surface area (Å²) in [7, 11) is 4.96. The van der Waals surface area contributed by atoms with Crippen LogP contribution in [0.15, 0.2) is 47.5 Å². The van der Waals surface area contributed by atoms with Crippen LogP contribution in [0.25, 0.3) is 6.08 Å². The summed E-state index contributed by atoms with van der Waals surface area (Å²) in [6.07, 6.45) is 5.03. The van der Waals surface area contributed by atoms with Crippen molar-refractivity contribution >= 4 is 11.8 Å². The molecule has 0 bridgehead atoms. The van der Waals surface area contributed by atoms with Gasteiger partial charge in [0.2, 0.25) is 0 Å². The van der Waals surface area contributed by atoms with Gasteiger partial charge in [-0.15, -0.1) is 0 Å². The third-order valence-corrected chi connectivity index (χ3v) is 4.09. The lowest BCUT2D eigenvalue weighted by Crippen LogP contribution is -2.10. The second-order valence-electron chi connectivity index (χ2n) is 5.49. The highest BCUT2D eigenvalue weighted by atomic mass is 16.5. The van der Waals surface area contributed by atoms with Crippen molar-refractivity contribution in [1.29, 1.82) is 0 Å². The molecular weight excluding hydrogens is 302 g/mol. The zero-order valence-corrected chi connectivity index (χ0v) is 14.2. The number of aliphatic imine (C=N–C) groups is 1. The molecule has 0 saturated heterocycles. The predicted octanol–water partition coefficient (Wildman–Crippen LogP) is 3.77. The number of nitrogens with zero attached hydrogens (tertiary/aromatic N) is 1. The van der Waals surface area contributed by atoms with E-state index in [1.165, 1.54) is 11.1 Å². The lowest BCUT2D eigenvalue weighted by molar-refractivity contribution is 0.355. The van der Waals surface area contributed by atoms with E-state index < -0.39 is 0 Å². The first-order valence-corrected chi connectivity index (χ1v) is 7.87. The fourth-order valence-electron chi connectivity index (χ4n) is 2.81. The highest BCUT2D eigenvalue weighted by Gasteiger charge is 2.13. The molecule has 0 saturated carbocycles. The molecule has 124 valence electrons. The van der Waals surface area contributed by atoms with Gasteiger partial charge in [-0.05, 0) is 54.0 Å². The number of benzene rings is 2. The summed E-state index contributed by atoms with van der Waals surface area (Å²) in [5, 5.41) is 0. The maximum Gasteiger partial charge on any atom is 0.161 e. The normalized spacial score (nSPS) is 13.4. The molecule has 0 unspecified atom stereocenters. The number of hydrogen-bond acceptors (Lipinski definition) is 4. The molecule has 0 aromatic heterocycles. The van der Waals surface area contributed by atoms with Crippen LogP contribution >= 0.6 is 0 Å². The van der Waals surface area contributed by atoms with Crippen LogP contribution < -0.4 is 14.2 Å². The molecule has 24 heavy (non-hydrogen) atoms. The Morgan fingerprint density at radius 1 is 0.875 bits per heavy atom. The Bertz CT molecular complexity index is 793. The molecule has 0 amide bonds. The highest BCUT2D eigenvalue weighted by Crippen LogP contribution is 2.28. The molecule has 2 aromatic rings. The average molecular weight is 323 g/mol. The van der Waals surface area contributed by atoms with Gasteiger partial charge in [0.05, 0.1) is 27.0 Å². The summed E-state index contributed by atoms with van der Waals surface area (Å²) in [5.41, 5.74) is 4.47. The van der Waals surface area contributed by atoms with E-state index in [0.717, 1.165) is 41.5 Å².